The third-order valence-corrected chi connectivity index (χ3v) is 2.50. The number of hydrogen-bond donors (Lipinski definition) is 0. The van der Waals surface area contributed by atoms with Gasteiger partial charge >= 0.3 is 0 Å². The fourth-order valence-electron chi connectivity index (χ4n) is 1.44. The van der Waals surface area contributed by atoms with E-state index in [-0.39, 0.29) is 0 Å². The van der Waals surface area contributed by atoms with Gasteiger partial charge in [0.1, 0.15) is 0 Å². The molecule has 11 heavy (non-hydrogen) atoms. The van der Waals surface area contributed by atoms with Gasteiger partial charge in [-0.15, -0.1) is 0 Å². The molecule has 1 fully saturated rings. The van der Waals surface area contributed by atoms with Crippen molar-refractivity contribution in [3.05, 3.63) is 0 Å². The normalized spacial score (nSPS) is 28.3. The molecule has 0 aromatic carbocycles. The van der Waals surface area contributed by atoms with E-state index in [0.29, 0.717) is 17.7 Å². The van der Waals surface area contributed by atoms with Gasteiger partial charge in [-0.1, -0.05) is 6.92 Å². The second-order valence-electron chi connectivity index (χ2n) is 3.33. The molecular formula is C9H17NO. The van der Waals surface area contributed by atoms with Crippen molar-refractivity contribution in [1.82, 2.24) is 4.90 Å². The molecule has 2 heteroatoms. The number of rotatable bonds is 3. The molecule has 0 aromatic rings. The van der Waals surface area contributed by atoms with Crippen LogP contribution in [0.25, 0.3) is 0 Å². The molecule has 0 bridgehead atoms. The van der Waals surface area contributed by atoms with Gasteiger partial charge in [0.15, 0.2) is 0 Å². The first-order valence-electron chi connectivity index (χ1n) is 4.49. The summed E-state index contributed by atoms with van der Waals surface area (Å²) in [7, 11) is 0. The maximum Gasteiger partial charge on any atom is 0.225 e. The van der Waals surface area contributed by atoms with Crippen LogP contribution in [0.15, 0.2) is 0 Å². The Labute approximate surface area is 68.6 Å². The zero-order valence-corrected chi connectivity index (χ0v) is 7.63. The Bertz CT molecular complexity index is 152. The van der Waals surface area contributed by atoms with Gasteiger partial charge in [-0.3, -0.25) is 4.79 Å². The minimum atomic E-state index is 0.356. The van der Waals surface area contributed by atoms with E-state index in [4.69, 9.17) is 0 Å². The van der Waals surface area contributed by atoms with Crippen molar-refractivity contribution in [1.29, 1.82) is 0 Å². The molecule has 0 N–H and O–H groups in total. The second-order valence-corrected chi connectivity index (χ2v) is 3.33. The van der Waals surface area contributed by atoms with Gasteiger partial charge in [0, 0.05) is 19.0 Å². The summed E-state index contributed by atoms with van der Waals surface area (Å²) in [6, 6.07) is 0. The van der Waals surface area contributed by atoms with Crippen LogP contribution in [-0.4, -0.2) is 23.9 Å². The average molecular weight is 155 g/mol. The highest BCUT2D eigenvalue weighted by atomic mass is 16.2. The fourth-order valence-corrected chi connectivity index (χ4v) is 1.44. The number of hydrogen-bond acceptors (Lipinski definition) is 1. The first kappa shape index (κ1) is 8.57. The molecule has 2 nitrogen and oxygen atoms in total. The molecule has 1 saturated carbocycles. The van der Waals surface area contributed by atoms with Gasteiger partial charge in [0.2, 0.25) is 5.91 Å². The van der Waals surface area contributed by atoms with Gasteiger partial charge in [-0.2, -0.15) is 0 Å². The molecular weight excluding hydrogens is 138 g/mol. The van der Waals surface area contributed by atoms with E-state index in [1.54, 1.807) is 0 Å². The van der Waals surface area contributed by atoms with E-state index in [9.17, 15) is 4.79 Å². The molecule has 0 radical (unpaired) electrons. The SMILES string of the molecule is CCN(CC)C(=O)[C@@H]1C[C@@H]1C. The smallest absolute Gasteiger partial charge is 0.225 e. The minimum absolute atomic E-state index is 0.356. The van der Waals surface area contributed by atoms with Crippen LogP contribution in [0.1, 0.15) is 27.2 Å². The lowest BCUT2D eigenvalue weighted by Gasteiger charge is -2.18. The van der Waals surface area contributed by atoms with Gasteiger partial charge < -0.3 is 4.90 Å². The van der Waals surface area contributed by atoms with Crippen LogP contribution in [0.5, 0.6) is 0 Å². The fraction of sp³-hybridized carbons (Fsp3) is 0.889. The molecule has 64 valence electrons. The summed E-state index contributed by atoms with van der Waals surface area (Å²) in [4.78, 5) is 13.4. The third kappa shape index (κ3) is 1.73. The Morgan fingerprint density at radius 1 is 1.45 bits per heavy atom. The zero-order valence-electron chi connectivity index (χ0n) is 7.63. The highest BCUT2D eigenvalue weighted by molar-refractivity contribution is 5.81. The van der Waals surface area contributed by atoms with Crippen LogP contribution in [0.4, 0.5) is 0 Å². The van der Waals surface area contributed by atoms with Gasteiger partial charge in [0.25, 0.3) is 0 Å². The molecule has 0 spiro atoms. The van der Waals surface area contributed by atoms with Crippen LogP contribution in [-0.2, 0) is 4.79 Å². The molecule has 1 amide bonds. The van der Waals surface area contributed by atoms with Crippen LogP contribution in [0.2, 0.25) is 0 Å². The predicted octanol–water partition coefficient (Wildman–Crippen LogP) is 1.51. The summed E-state index contributed by atoms with van der Waals surface area (Å²) in [5.74, 6) is 1.36. The van der Waals surface area contributed by atoms with Crippen molar-refractivity contribution in [3.8, 4) is 0 Å². The maximum absolute atomic E-state index is 11.5. The number of amides is 1. The molecule has 0 heterocycles. The van der Waals surface area contributed by atoms with Crippen molar-refractivity contribution in [3.63, 3.8) is 0 Å². The molecule has 0 saturated heterocycles. The topological polar surface area (TPSA) is 20.3 Å². The Hall–Kier alpha value is -0.530. The van der Waals surface area contributed by atoms with Crippen molar-refractivity contribution < 1.29 is 4.79 Å². The van der Waals surface area contributed by atoms with E-state index in [1.165, 1.54) is 0 Å². The molecule has 2 atom stereocenters. The summed E-state index contributed by atoms with van der Waals surface area (Å²) < 4.78 is 0. The number of carbonyl (C=O) groups is 1. The van der Waals surface area contributed by atoms with Gasteiger partial charge in [-0.25, -0.2) is 0 Å². The van der Waals surface area contributed by atoms with Crippen LogP contribution >= 0.6 is 0 Å². The van der Waals surface area contributed by atoms with Crippen LogP contribution in [0.3, 0.4) is 0 Å². The van der Waals surface area contributed by atoms with E-state index in [2.05, 4.69) is 6.92 Å². The molecule has 1 aliphatic carbocycles. The van der Waals surface area contributed by atoms with Crippen molar-refractivity contribution >= 4 is 5.91 Å². The summed E-state index contributed by atoms with van der Waals surface area (Å²) in [6.07, 6.45) is 1.11. The zero-order chi connectivity index (χ0) is 8.43. The standard InChI is InChI=1S/C9H17NO/c1-4-10(5-2)9(11)8-6-7(8)3/h7-8H,4-6H2,1-3H3/t7-,8+/m0/s1. The lowest BCUT2D eigenvalue weighted by Crippen LogP contribution is -2.32. The van der Waals surface area contributed by atoms with E-state index in [0.717, 1.165) is 19.5 Å². The highest BCUT2D eigenvalue weighted by Gasteiger charge is 2.40. The Morgan fingerprint density at radius 3 is 2.18 bits per heavy atom. The first-order chi connectivity index (χ1) is 5.20. The van der Waals surface area contributed by atoms with Crippen molar-refractivity contribution in [2.45, 2.75) is 27.2 Å². The van der Waals surface area contributed by atoms with E-state index < -0.39 is 0 Å². The quantitative estimate of drug-likeness (QED) is 0.605. The van der Waals surface area contributed by atoms with Crippen LogP contribution in [0, 0.1) is 11.8 Å². The average Bonchev–Trinajstić information content (AvgIpc) is 2.69. The summed E-state index contributed by atoms with van der Waals surface area (Å²) >= 11 is 0. The van der Waals surface area contributed by atoms with Crippen molar-refractivity contribution in [2.75, 3.05) is 13.1 Å². The largest absolute Gasteiger partial charge is 0.343 e. The number of carbonyl (C=O) groups excluding carboxylic acids is 1. The highest BCUT2D eigenvalue weighted by Crippen LogP contribution is 2.38. The monoisotopic (exact) mass is 155 g/mol. The molecule has 1 aliphatic rings. The number of nitrogens with zero attached hydrogens (tertiary/aromatic N) is 1. The molecule has 0 unspecified atom stereocenters. The Balaban J connectivity index is 2.39. The molecule has 0 aromatic heterocycles. The molecule has 1 rings (SSSR count). The Morgan fingerprint density at radius 2 is 1.91 bits per heavy atom. The van der Waals surface area contributed by atoms with Gasteiger partial charge in [-0.05, 0) is 26.2 Å². The lowest BCUT2D eigenvalue weighted by atomic mass is 10.3. The van der Waals surface area contributed by atoms with Crippen molar-refractivity contribution in [2.24, 2.45) is 11.8 Å². The molecule has 0 aliphatic heterocycles. The second kappa shape index (κ2) is 3.24. The first-order valence-corrected chi connectivity index (χ1v) is 4.49. The predicted molar refractivity (Wildman–Crippen MR) is 45.2 cm³/mol. The third-order valence-electron chi connectivity index (χ3n) is 2.50. The minimum Gasteiger partial charge on any atom is -0.343 e. The summed E-state index contributed by atoms with van der Waals surface area (Å²) in [6.45, 7) is 7.94. The summed E-state index contributed by atoms with van der Waals surface area (Å²) in [5, 5.41) is 0. The Kier molecular flexibility index (Phi) is 2.53. The van der Waals surface area contributed by atoms with Gasteiger partial charge in [0.05, 0.1) is 0 Å². The maximum atomic E-state index is 11.5. The van der Waals surface area contributed by atoms with Crippen LogP contribution < -0.4 is 0 Å². The summed E-state index contributed by atoms with van der Waals surface area (Å²) in [5.41, 5.74) is 0. The lowest BCUT2D eigenvalue weighted by molar-refractivity contribution is -0.132. The van der Waals surface area contributed by atoms with E-state index >= 15 is 0 Å². The van der Waals surface area contributed by atoms with E-state index in [1.807, 2.05) is 18.7 Å².